The Bertz CT molecular complexity index is 236. The van der Waals surface area contributed by atoms with Gasteiger partial charge < -0.3 is 9.84 Å². The van der Waals surface area contributed by atoms with Crippen LogP contribution in [0.3, 0.4) is 0 Å². The normalized spacial score (nSPS) is 27.0. The third kappa shape index (κ3) is 1.73. The summed E-state index contributed by atoms with van der Waals surface area (Å²) in [5, 5.41) is 17.6. The molecule has 1 saturated heterocycles. The molecule has 1 aliphatic rings. The minimum atomic E-state index is -0.539. The smallest absolute Gasteiger partial charge is 0.410 e. The van der Waals surface area contributed by atoms with Gasteiger partial charge in [0.25, 0.3) is 0 Å². The Kier molecular flexibility index (Phi) is 3.09. The highest BCUT2D eigenvalue weighted by molar-refractivity contribution is 5.69. The summed E-state index contributed by atoms with van der Waals surface area (Å²) in [6.45, 7) is -0.118. The van der Waals surface area contributed by atoms with E-state index in [9.17, 15) is 4.79 Å². The number of aliphatic hydroxyl groups excluding tert-OH is 1. The second-order valence-corrected chi connectivity index (χ2v) is 2.94. The van der Waals surface area contributed by atoms with Crippen LogP contribution in [0.1, 0.15) is 12.8 Å². The molecule has 0 unspecified atom stereocenters. The summed E-state index contributed by atoms with van der Waals surface area (Å²) in [6.07, 6.45) is 0.726. The van der Waals surface area contributed by atoms with Gasteiger partial charge in [0.2, 0.25) is 0 Å². The lowest BCUT2D eigenvalue weighted by molar-refractivity contribution is 0.0930. The molecular formula is C8H12N2O3. The Hall–Kier alpha value is -1.28. The van der Waals surface area contributed by atoms with Crippen LogP contribution < -0.4 is 0 Å². The van der Waals surface area contributed by atoms with Crippen molar-refractivity contribution in [3.8, 4) is 6.07 Å². The van der Waals surface area contributed by atoms with Crippen LogP contribution in [-0.4, -0.2) is 41.9 Å². The molecule has 1 heterocycles. The highest BCUT2D eigenvalue weighted by Gasteiger charge is 2.37. The lowest BCUT2D eigenvalue weighted by Gasteiger charge is -2.23. The number of methoxy groups -OCH3 is 1. The largest absolute Gasteiger partial charge is 0.453 e. The number of hydrogen-bond acceptors (Lipinski definition) is 4. The number of carbonyl (C=O) groups excluding carboxylic acids is 1. The van der Waals surface area contributed by atoms with E-state index in [2.05, 4.69) is 4.74 Å². The van der Waals surface area contributed by atoms with Crippen molar-refractivity contribution in [2.75, 3.05) is 13.7 Å². The van der Waals surface area contributed by atoms with Gasteiger partial charge in [-0.2, -0.15) is 5.26 Å². The fraction of sp³-hybridized carbons (Fsp3) is 0.750. The van der Waals surface area contributed by atoms with Crippen LogP contribution in [0.25, 0.3) is 0 Å². The third-order valence-corrected chi connectivity index (χ3v) is 2.25. The summed E-state index contributed by atoms with van der Waals surface area (Å²) in [5.74, 6) is 0. The summed E-state index contributed by atoms with van der Waals surface area (Å²) in [6, 6.07) is 1.29. The van der Waals surface area contributed by atoms with E-state index in [-0.39, 0.29) is 12.6 Å². The summed E-state index contributed by atoms with van der Waals surface area (Å²) in [7, 11) is 1.27. The Morgan fingerprint density at radius 2 is 2.46 bits per heavy atom. The topological polar surface area (TPSA) is 73.6 Å². The molecule has 0 bridgehead atoms. The summed E-state index contributed by atoms with van der Waals surface area (Å²) in [4.78, 5) is 12.5. The van der Waals surface area contributed by atoms with Crippen LogP contribution in [0.15, 0.2) is 0 Å². The molecule has 5 heteroatoms. The highest BCUT2D eigenvalue weighted by atomic mass is 16.5. The van der Waals surface area contributed by atoms with Crippen LogP contribution in [0.2, 0.25) is 0 Å². The molecule has 0 spiro atoms. The number of rotatable bonds is 1. The Morgan fingerprint density at radius 1 is 1.77 bits per heavy atom. The van der Waals surface area contributed by atoms with E-state index >= 15 is 0 Å². The summed E-state index contributed by atoms with van der Waals surface area (Å²) >= 11 is 0. The van der Waals surface area contributed by atoms with E-state index in [4.69, 9.17) is 10.4 Å². The van der Waals surface area contributed by atoms with E-state index in [1.807, 2.05) is 6.07 Å². The zero-order chi connectivity index (χ0) is 9.84. The number of nitrogens with zero attached hydrogens (tertiary/aromatic N) is 2. The van der Waals surface area contributed by atoms with E-state index in [0.717, 1.165) is 0 Å². The first-order chi connectivity index (χ1) is 6.24. The van der Waals surface area contributed by atoms with Crippen molar-refractivity contribution in [3.05, 3.63) is 0 Å². The van der Waals surface area contributed by atoms with Crippen LogP contribution in [-0.2, 0) is 4.74 Å². The first kappa shape index (κ1) is 9.81. The molecule has 0 aromatic carbocycles. The molecule has 1 fully saturated rings. The van der Waals surface area contributed by atoms with Crippen LogP contribution in [0, 0.1) is 11.3 Å². The maximum absolute atomic E-state index is 11.2. The van der Waals surface area contributed by atoms with Gasteiger partial charge in [0.1, 0.15) is 6.04 Å². The first-order valence-electron chi connectivity index (χ1n) is 4.11. The molecule has 0 aromatic rings. The van der Waals surface area contributed by atoms with Crippen LogP contribution in [0.4, 0.5) is 4.79 Å². The monoisotopic (exact) mass is 184 g/mol. The van der Waals surface area contributed by atoms with Crippen molar-refractivity contribution in [3.63, 3.8) is 0 Å². The number of hydrogen-bond donors (Lipinski definition) is 1. The summed E-state index contributed by atoms with van der Waals surface area (Å²) < 4.78 is 4.52. The van der Waals surface area contributed by atoms with Gasteiger partial charge in [-0.15, -0.1) is 0 Å². The van der Waals surface area contributed by atoms with E-state index in [0.29, 0.717) is 12.8 Å². The maximum atomic E-state index is 11.2. The second-order valence-electron chi connectivity index (χ2n) is 2.94. The molecule has 0 radical (unpaired) electrons. The molecule has 0 aliphatic carbocycles. The fourth-order valence-electron chi connectivity index (χ4n) is 1.57. The van der Waals surface area contributed by atoms with Gasteiger partial charge in [0, 0.05) is 0 Å². The summed E-state index contributed by atoms with van der Waals surface area (Å²) in [5.41, 5.74) is 0. The Labute approximate surface area is 76.5 Å². The van der Waals surface area contributed by atoms with E-state index in [1.54, 1.807) is 0 Å². The van der Waals surface area contributed by atoms with Gasteiger partial charge in [0.05, 0.1) is 25.8 Å². The Balaban J connectivity index is 2.74. The Morgan fingerprint density at radius 3 is 2.92 bits per heavy atom. The van der Waals surface area contributed by atoms with Gasteiger partial charge in [-0.25, -0.2) is 4.79 Å². The van der Waals surface area contributed by atoms with Crippen molar-refractivity contribution >= 4 is 6.09 Å². The molecule has 1 aliphatic heterocycles. The van der Waals surface area contributed by atoms with Crippen molar-refractivity contribution in [1.29, 1.82) is 5.26 Å². The number of aliphatic hydroxyl groups is 1. The third-order valence-electron chi connectivity index (χ3n) is 2.25. The van der Waals surface area contributed by atoms with E-state index in [1.165, 1.54) is 12.0 Å². The highest BCUT2D eigenvalue weighted by Crippen LogP contribution is 2.23. The fourth-order valence-corrected chi connectivity index (χ4v) is 1.57. The molecule has 72 valence electrons. The molecule has 0 saturated carbocycles. The second kappa shape index (κ2) is 4.10. The molecule has 13 heavy (non-hydrogen) atoms. The van der Waals surface area contributed by atoms with Gasteiger partial charge >= 0.3 is 6.09 Å². The first-order valence-corrected chi connectivity index (χ1v) is 4.11. The molecule has 1 N–H and O–H groups in total. The quantitative estimate of drug-likeness (QED) is 0.627. The number of likely N-dealkylation sites (tertiary alicyclic amines) is 1. The molecule has 2 atom stereocenters. The molecule has 0 aromatic heterocycles. The predicted octanol–water partition coefficient (Wildman–Crippen LogP) is 0.102. The maximum Gasteiger partial charge on any atom is 0.410 e. The predicted molar refractivity (Wildman–Crippen MR) is 43.8 cm³/mol. The number of nitriles is 1. The van der Waals surface area contributed by atoms with Gasteiger partial charge in [-0.3, -0.25) is 4.90 Å². The lowest BCUT2D eigenvalue weighted by Crippen LogP contribution is -2.42. The van der Waals surface area contributed by atoms with Crippen molar-refractivity contribution in [2.45, 2.75) is 24.9 Å². The van der Waals surface area contributed by atoms with Crippen molar-refractivity contribution < 1.29 is 14.6 Å². The van der Waals surface area contributed by atoms with E-state index < -0.39 is 12.1 Å². The minimum absolute atomic E-state index is 0.118. The average Bonchev–Trinajstić information content (AvgIpc) is 2.59. The molecule has 1 amide bonds. The number of carbonyl (C=O) groups is 1. The number of ether oxygens (including phenoxy) is 1. The SMILES string of the molecule is COC(=O)N1[C@H](CO)CC[C@H]1C#N. The molecule has 5 nitrogen and oxygen atoms in total. The van der Waals surface area contributed by atoms with Crippen molar-refractivity contribution in [1.82, 2.24) is 4.90 Å². The zero-order valence-corrected chi connectivity index (χ0v) is 7.43. The van der Waals surface area contributed by atoms with Gasteiger partial charge in [0.15, 0.2) is 0 Å². The lowest BCUT2D eigenvalue weighted by atomic mass is 10.2. The van der Waals surface area contributed by atoms with Crippen LogP contribution >= 0.6 is 0 Å². The average molecular weight is 184 g/mol. The van der Waals surface area contributed by atoms with Gasteiger partial charge in [-0.1, -0.05) is 0 Å². The number of amides is 1. The minimum Gasteiger partial charge on any atom is -0.453 e. The standard InChI is InChI=1S/C8H12N2O3/c1-13-8(12)10-6(4-9)2-3-7(10)5-11/h6-7,11H,2-3,5H2,1H3/t6-,7-/m0/s1. The molecule has 1 rings (SSSR count). The van der Waals surface area contributed by atoms with Gasteiger partial charge in [-0.05, 0) is 12.8 Å². The molecular weight excluding hydrogens is 172 g/mol. The van der Waals surface area contributed by atoms with Crippen LogP contribution in [0.5, 0.6) is 0 Å². The van der Waals surface area contributed by atoms with Crippen molar-refractivity contribution in [2.24, 2.45) is 0 Å². The zero-order valence-electron chi connectivity index (χ0n) is 7.43.